The lowest BCUT2D eigenvalue weighted by atomic mass is 10.0. The number of aliphatic carboxylic acids is 1. The summed E-state index contributed by atoms with van der Waals surface area (Å²) in [5, 5.41) is 9.21. The van der Waals surface area contributed by atoms with Gasteiger partial charge in [-0.25, -0.2) is 4.79 Å². The Bertz CT molecular complexity index is 513. The third-order valence-corrected chi connectivity index (χ3v) is 3.50. The highest BCUT2D eigenvalue weighted by Crippen LogP contribution is 2.21. The van der Waals surface area contributed by atoms with Gasteiger partial charge in [0.05, 0.1) is 11.3 Å². The lowest BCUT2D eigenvalue weighted by molar-refractivity contribution is -0.143. The first-order chi connectivity index (χ1) is 9.00. The summed E-state index contributed by atoms with van der Waals surface area (Å²) in [6, 6.07) is 2.80. The van der Waals surface area contributed by atoms with Gasteiger partial charge in [-0.1, -0.05) is 0 Å². The summed E-state index contributed by atoms with van der Waals surface area (Å²) < 4.78 is 0. The van der Waals surface area contributed by atoms with Gasteiger partial charge in [0.2, 0.25) is 0 Å². The van der Waals surface area contributed by atoms with Crippen LogP contribution < -0.4 is 0 Å². The fourth-order valence-electron chi connectivity index (χ4n) is 2.50. The van der Waals surface area contributed by atoms with E-state index in [1.807, 2.05) is 6.92 Å². The minimum atomic E-state index is -0.925. The molecule has 2 heterocycles. The van der Waals surface area contributed by atoms with Crippen LogP contribution in [-0.2, 0) is 4.79 Å². The van der Waals surface area contributed by atoms with Gasteiger partial charge < -0.3 is 10.0 Å². The number of hydrogen-bond acceptors (Lipinski definition) is 3. The molecule has 1 aliphatic rings. The molecule has 0 aromatic carbocycles. The van der Waals surface area contributed by atoms with Crippen molar-refractivity contribution in [1.82, 2.24) is 9.88 Å². The zero-order valence-corrected chi connectivity index (χ0v) is 11.2. The molecule has 1 aromatic rings. The number of pyridine rings is 1. The van der Waals surface area contributed by atoms with Gasteiger partial charge in [0.25, 0.3) is 5.91 Å². The van der Waals surface area contributed by atoms with Crippen LogP contribution >= 0.6 is 0 Å². The predicted octanol–water partition coefficient (Wildman–Crippen LogP) is 1.78. The molecule has 2 rings (SSSR count). The molecule has 1 fully saturated rings. The Kier molecular flexibility index (Phi) is 3.83. The van der Waals surface area contributed by atoms with E-state index >= 15 is 0 Å². The molecule has 0 bridgehead atoms. The highest BCUT2D eigenvalue weighted by Gasteiger charge is 2.33. The maximum Gasteiger partial charge on any atom is 0.326 e. The zero-order chi connectivity index (χ0) is 14.0. The Morgan fingerprint density at radius 3 is 2.68 bits per heavy atom. The third-order valence-electron chi connectivity index (χ3n) is 3.50. The number of likely N-dealkylation sites (tertiary alicyclic amines) is 1. The van der Waals surface area contributed by atoms with Crippen LogP contribution in [0.15, 0.2) is 12.1 Å². The normalized spacial score (nSPS) is 19.3. The molecule has 19 heavy (non-hydrogen) atoms. The molecule has 0 saturated carbocycles. The molecule has 0 aliphatic carbocycles. The second-order valence-electron chi connectivity index (χ2n) is 4.93. The Morgan fingerprint density at radius 1 is 1.32 bits per heavy atom. The molecule has 1 aromatic heterocycles. The molecule has 0 spiro atoms. The van der Waals surface area contributed by atoms with Gasteiger partial charge in [0, 0.05) is 12.2 Å². The molecule has 1 atom stereocenters. The van der Waals surface area contributed by atoms with E-state index in [1.54, 1.807) is 19.1 Å². The fraction of sp³-hybridized carbons (Fsp3) is 0.500. The van der Waals surface area contributed by atoms with Crippen molar-refractivity contribution in [2.75, 3.05) is 6.54 Å². The maximum atomic E-state index is 12.5. The second kappa shape index (κ2) is 5.38. The number of carboxylic acid groups (broad SMARTS) is 1. The van der Waals surface area contributed by atoms with Crippen molar-refractivity contribution in [3.8, 4) is 0 Å². The van der Waals surface area contributed by atoms with Gasteiger partial charge >= 0.3 is 5.97 Å². The first-order valence-electron chi connectivity index (χ1n) is 6.48. The summed E-state index contributed by atoms with van der Waals surface area (Å²) in [4.78, 5) is 29.4. The van der Waals surface area contributed by atoms with E-state index in [9.17, 15) is 14.7 Å². The van der Waals surface area contributed by atoms with Gasteiger partial charge in [-0.2, -0.15) is 0 Å². The number of carboxylic acids is 1. The Hall–Kier alpha value is -1.91. The van der Waals surface area contributed by atoms with E-state index in [4.69, 9.17) is 0 Å². The van der Waals surface area contributed by atoms with Crippen molar-refractivity contribution in [3.63, 3.8) is 0 Å². The molecule has 102 valence electrons. The van der Waals surface area contributed by atoms with Crippen LogP contribution in [0, 0.1) is 13.8 Å². The van der Waals surface area contributed by atoms with Crippen LogP contribution in [0.3, 0.4) is 0 Å². The third kappa shape index (κ3) is 2.75. The highest BCUT2D eigenvalue weighted by atomic mass is 16.4. The van der Waals surface area contributed by atoms with Crippen LogP contribution in [0.2, 0.25) is 0 Å². The van der Waals surface area contributed by atoms with E-state index < -0.39 is 12.0 Å². The average molecular weight is 262 g/mol. The Balaban J connectivity index is 2.28. The number of hydrogen-bond donors (Lipinski definition) is 1. The van der Waals surface area contributed by atoms with Crippen molar-refractivity contribution < 1.29 is 14.7 Å². The van der Waals surface area contributed by atoms with E-state index in [2.05, 4.69) is 4.98 Å². The van der Waals surface area contributed by atoms with Crippen LogP contribution in [0.1, 0.15) is 41.0 Å². The number of rotatable bonds is 2. The lowest BCUT2D eigenvalue weighted by Gasteiger charge is -2.33. The molecular formula is C14H18N2O3. The molecule has 5 heteroatoms. The summed E-state index contributed by atoms with van der Waals surface area (Å²) in [5.41, 5.74) is 2.00. The molecule has 1 N–H and O–H groups in total. The Labute approximate surface area is 112 Å². The summed E-state index contributed by atoms with van der Waals surface area (Å²) in [6.45, 7) is 4.14. The van der Waals surface area contributed by atoms with Crippen molar-refractivity contribution >= 4 is 11.9 Å². The van der Waals surface area contributed by atoms with Crippen molar-refractivity contribution in [1.29, 1.82) is 0 Å². The van der Waals surface area contributed by atoms with E-state index in [-0.39, 0.29) is 5.91 Å². The van der Waals surface area contributed by atoms with Crippen LogP contribution in [0.5, 0.6) is 0 Å². The standard InChI is InChI=1S/C14H18N2O3/c1-9-6-7-11(10(2)15-9)13(17)16-8-4-3-5-12(16)14(18)19/h6-7,12H,3-5,8H2,1-2H3,(H,18,19)/t12-/m1/s1. The molecular weight excluding hydrogens is 244 g/mol. The minimum absolute atomic E-state index is 0.225. The monoisotopic (exact) mass is 262 g/mol. The van der Waals surface area contributed by atoms with E-state index in [1.165, 1.54) is 4.90 Å². The summed E-state index contributed by atoms with van der Waals surface area (Å²) in [7, 11) is 0. The number of aryl methyl sites for hydroxylation is 2. The zero-order valence-electron chi connectivity index (χ0n) is 11.2. The van der Waals surface area contributed by atoms with Crippen molar-refractivity contribution in [2.24, 2.45) is 0 Å². The molecule has 1 saturated heterocycles. The minimum Gasteiger partial charge on any atom is -0.480 e. The van der Waals surface area contributed by atoms with Gasteiger partial charge in [-0.05, 0) is 45.2 Å². The molecule has 0 radical (unpaired) electrons. The number of carbonyl (C=O) groups excluding carboxylic acids is 1. The fourth-order valence-corrected chi connectivity index (χ4v) is 2.50. The van der Waals surface area contributed by atoms with Gasteiger partial charge in [0.1, 0.15) is 6.04 Å². The SMILES string of the molecule is Cc1ccc(C(=O)N2CCCC[C@@H]2C(=O)O)c(C)n1. The van der Waals surface area contributed by atoms with Crippen molar-refractivity contribution in [3.05, 3.63) is 29.1 Å². The average Bonchev–Trinajstić information content (AvgIpc) is 2.38. The smallest absolute Gasteiger partial charge is 0.326 e. The molecule has 1 aliphatic heterocycles. The summed E-state index contributed by atoms with van der Waals surface area (Å²) in [5.74, 6) is -1.15. The largest absolute Gasteiger partial charge is 0.480 e. The topological polar surface area (TPSA) is 70.5 Å². The molecule has 1 amide bonds. The number of carbonyl (C=O) groups is 2. The number of nitrogens with zero attached hydrogens (tertiary/aromatic N) is 2. The van der Waals surface area contributed by atoms with Crippen LogP contribution in [-0.4, -0.2) is 39.5 Å². The first kappa shape index (κ1) is 13.5. The molecule has 0 unspecified atom stereocenters. The Morgan fingerprint density at radius 2 is 2.05 bits per heavy atom. The number of aromatic nitrogens is 1. The predicted molar refractivity (Wildman–Crippen MR) is 70.0 cm³/mol. The lowest BCUT2D eigenvalue weighted by Crippen LogP contribution is -2.48. The van der Waals surface area contributed by atoms with Crippen LogP contribution in [0.25, 0.3) is 0 Å². The number of piperidine rings is 1. The second-order valence-corrected chi connectivity index (χ2v) is 4.93. The van der Waals surface area contributed by atoms with Crippen molar-refractivity contribution in [2.45, 2.75) is 39.2 Å². The quantitative estimate of drug-likeness (QED) is 0.882. The highest BCUT2D eigenvalue weighted by molar-refractivity contribution is 5.97. The maximum absolute atomic E-state index is 12.5. The van der Waals surface area contributed by atoms with Gasteiger partial charge in [-0.15, -0.1) is 0 Å². The number of amides is 1. The summed E-state index contributed by atoms with van der Waals surface area (Å²) in [6.07, 6.45) is 2.24. The first-order valence-corrected chi connectivity index (χ1v) is 6.48. The van der Waals surface area contributed by atoms with E-state index in [0.29, 0.717) is 24.2 Å². The van der Waals surface area contributed by atoms with E-state index in [0.717, 1.165) is 18.5 Å². The van der Waals surface area contributed by atoms with Crippen LogP contribution in [0.4, 0.5) is 0 Å². The molecule has 5 nitrogen and oxygen atoms in total. The van der Waals surface area contributed by atoms with Gasteiger partial charge in [-0.3, -0.25) is 9.78 Å². The summed E-state index contributed by atoms with van der Waals surface area (Å²) >= 11 is 0. The van der Waals surface area contributed by atoms with Gasteiger partial charge in [0.15, 0.2) is 0 Å².